The highest BCUT2D eigenvalue weighted by Gasteiger charge is 2.41. The molecule has 1 unspecified atom stereocenters. The molecule has 6 nitrogen and oxygen atoms in total. The molecule has 0 fully saturated rings. The molecule has 0 aromatic heterocycles. The van der Waals surface area contributed by atoms with E-state index in [4.69, 9.17) is 23.2 Å². The van der Waals surface area contributed by atoms with Crippen molar-refractivity contribution in [2.24, 2.45) is 0 Å². The molecular weight excluding hydrogens is 427 g/mol. The fourth-order valence-electron chi connectivity index (χ4n) is 4.31. The highest BCUT2D eigenvalue weighted by Crippen LogP contribution is 2.47. The molecule has 0 radical (unpaired) electrons. The molecule has 0 saturated heterocycles. The summed E-state index contributed by atoms with van der Waals surface area (Å²) < 4.78 is 0. The minimum absolute atomic E-state index is 0.0101. The second-order valence-electron chi connectivity index (χ2n) is 7.49. The van der Waals surface area contributed by atoms with Crippen LogP contribution in [0, 0.1) is 17.0 Å². The molecule has 2 aromatic rings. The van der Waals surface area contributed by atoms with Gasteiger partial charge in [0.15, 0.2) is 5.78 Å². The number of hydrogen-bond donors (Lipinski definition) is 0. The standard InChI is InChI=1S/C22H18Cl2N2O4/c1-12-8-9-13(26(29)30)10-18(12)25-17-6-3-7-19(27)22(17)14(11-20(25)28)21-15(23)4-2-5-16(21)24/h2,4-5,8-10,14H,3,6-7,11H2,1H3. The van der Waals surface area contributed by atoms with Gasteiger partial charge in [0, 0.05) is 52.2 Å². The monoisotopic (exact) mass is 444 g/mol. The molecule has 154 valence electrons. The summed E-state index contributed by atoms with van der Waals surface area (Å²) in [7, 11) is 0. The average molecular weight is 445 g/mol. The highest BCUT2D eigenvalue weighted by molar-refractivity contribution is 6.36. The molecule has 0 spiro atoms. The van der Waals surface area contributed by atoms with Crippen LogP contribution in [-0.2, 0) is 9.59 Å². The number of amides is 1. The lowest BCUT2D eigenvalue weighted by molar-refractivity contribution is -0.384. The Hall–Kier alpha value is -2.70. The summed E-state index contributed by atoms with van der Waals surface area (Å²) in [6.07, 6.45) is 1.52. The van der Waals surface area contributed by atoms with Crippen molar-refractivity contribution in [3.63, 3.8) is 0 Å². The van der Waals surface area contributed by atoms with E-state index in [1.54, 1.807) is 31.2 Å². The molecule has 0 N–H and O–H groups in total. The molecular formula is C22H18Cl2N2O4. The number of aryl methyl sites for hydroxylation is 1. The summed E-state index contributed by atoms with van der Waals surface area (Å²) in [5.74, 6) is -0.817. The van der Waals surface area contributed by atoms with Gasteiger partial charge in [0.05, 0.1) is 10.6 Å². The van der Waals surface area contributed by atoms with Gasteiger partial charge in [-0.15, -0.1) is 0 Å². The topological polar surface area (TPSA) is 80.5 Å². The number of halogens is 2. The maximum absolute atomic E-state index is 13.3. The molecule has 8 heteroatoms. The average Bonchev–Trinajstić information content (AvgIpc) is 2.68. The van der Waals surface area contributed by atoms with Crippen LogP contribution in [-0.4, -0.2) is 16.6 Å². The first-order valence-electron chi connectivity index (χ1n) is 9.57. The summed E-state index contributed by atoms with van der Waals surface area (Å²) in [4.78, 5) is 38.6. The van der Waals surface area contributed by atoms with E-state index in [-0.39, 0.29) is 23.8 Å². The highest BCUT2D eigenvalue weighted by atomic mass is 35.5. The van der Waals surface area contributed by atoms with Crippen LogP contribution < -0.4 is 4.90 Å². The van der Waals surface area contributed by atoms with Gasteiger partial charge in [0.25, 0.3) is 5.69 Å². The van der Waals surface area contributed by atoms with Gasteiger partial charge in [-0.3, -0.25) is 24.6 Å². The number of nitro benzene ring substituents is 1. The lowest BCUT2D eigenvalue weighted by atomic mass is 9.77. The van der Waals surface area contributed by atoms with E-state index in [2.05, 4.69) is 0 Å². The van der Waals surface area contributed by atoms with Crippen molar-refractivity contribution in [3.05, 3.63) is 79.0 Å². The van der Waals surface area contributed by atoms with Crippen molar-refractivity contribution in [3.8, 4) is 0 Å². The number of nitrogens with zero attached hydrogens (tertiary/aromatic N) is 2. The molecule has 0 bridgehead atoms. The van der Waals surface area contributed by atoms with Crippen LogP contribution in [0.25, 0.3) is 0 Å². The Morgan fingerprint density at radius 3 is 2.47 bits per heavy atom. The number of benzene rings is 2. The molecule has 1 amide bonds. The van der Waals surface area contributed by atoms with Crippen LogP contribution >= 0.6 is 23.2 Å². The predicted molar refractivity (Wildman–Crippen MR) is 115 cm³/mol. The Bertz CT molecular complexity index is 1110. The first-order chi connectivity index (χ1) is 14.3. The van der Waals surface area contributed by atoms with Gasteiger partial charge in [0.2, 0.25) is 5.91 Å². The maximum Gasteiger partial charge on any atom is 0.271 e. The molecule has 1 heterocycles. The molecule has 30 heavy (non-hydrogen) atoms. The van der Waals surface area contributed by atoms with E-state index in [9.17, 15) is 19.7 Å². The van der Waals surface area contributed by atoms with Crippen molar-refractivity contribution < 1.29 is 14.5 Å². The Balaban J connectivity index is 1.93. The number of ketones is 1. The van der Waals surface area contributed by atoms with Crippen molar-refractivity contribution in [1.82, 2.24) is 0 Å². The fourth-order valence-corrected chi connectivity index (χ4v) is 4.98. The number of nitro groups is 1. The summed E-state index contributed by atoms with van der Waals surface area (Å²) in [5.41, 5.74) is 2.73. The lowest BCUT2D eigenvalue weighted by Crippen LogP contribution is -2.41. The molecule has 0 saturated carbocycles. The zero-order valence-corrected chi connectivity index (χ0v) is 17.7. The number of Topliss-reactive ketones (excluding diaryl/α,β-unsaturated/α-hetero) is 1. The van der Waals surface area contributed by atoms with Crippen molar-refractivity contribution in [2.75, 3.05) is 4.90 Å². The Labute approximate surface area is 183 Å². The summed E-state index contributed by atoms with van der Waals surface area (Å²) in [6.45, 7) is 1.79. The number of hydrogen-bond acceptors (Lipinski definition) is 4. The number of rotatable bonds is 3. The number of carbonyl (C=O) groups excluding carboxylic acids is 2. The predicted octanol–water partition coefficient (Wildman–Crippen LogP) is 5.74. The van der Waals surface area contributed by atoms with Crippen LogP contribution in [0.3, 0.4) is 0 Å². The van der Waals surface area contributed by atoms with Crippen LogP contribution in [0.4, 0.5) is 11.4 Å². The lowest BCUT2D eigenvalue weighted by Gasteiger charge is -2.39. The van der Waals surface area contributed by atoms with E-state index in [1.165, 1.54) is 17.0 Å². The van der Waals surface area contributed by atoms with E-state index in [1.807, 2.05) is 0 Å². The molecule has 1 aliphatic heterocycles. The molecule has 2 aliphatic rings. The largest absolute Gasteiger partial charge is 0.294 e. The summed E-state index contributed by atoms with van der Waals surface area (Å²) in [6, 6.07) is 9.51. The number of allylic oxidation sites excluding steroid dienone is 2. The number of anilines is 1. The van der Waals surface area contributed by atoms with Crippen LogP contribution in [0.5, 0.6) is 0 Å². The first kappa shape index (κ1) is 20.6. The Kier molecular flexibility index (Phi) is 5.38. The van der Waals surface area contributed by atoms with Crippen LogP contribution in [0.15, 0.2) is 47.7 Å². The minimum Gasteiger partial charge on any atom is -0.294 e. The van der Waals surface area contributed by atoms with Gasteiger partial charge < -0.3 is 0 Å². The SMILES string of the molecule is Cc1ccc([N+](=O)[O-])cc1N1C(=O)CC(c2c(Cl)cccc2Cl)C2=C1CCCC2=O. The van der Waals surface area contributed by atoms with Crippen LogP contribution in [0.2, 0.25) is 10.0 Å². The Morgan fingerprint density at radius 2 is 1.80 bits per heavy atom. The van der Waals surface area contributed by atoms with Gasteiger partial charge in [-0.05, 0) is 43.0 Å². The van der Waals surface area contributed by atoms with E-state index in [0.717, 1.165) is 0 Å². The zero-order valence-electron chi connectivity index (χ0n) is 16.2. The molecule has 4 rings (SSSR count). The van der Waals surface area contributed by atoms with Gasteiger partial charge in [-0.1, -0.05) is 35.3 Å². The van der Waals surface area contributed by atoms with Gasteiger partial charge in [-0.25, -0.2) is 0 Å². The van der Waals surface area contributed by atoms with Crippen LogP contribution in [0.1, 0.15) is 42.7 Å². The van der Waals surface area contributed by atoms with Gasteiger partial charge >= 0.3 is 0 Å². The number of non-ortho nitro benzene ring substituents is 1. The van der Waals surface area contributed by atoms with Crippen molar-refractivity contribution >= 4 is 46.3 Å². The van der Waals surface area contributed by atoms with Gasteiger partial charge in [0.1, 0.15) is 0 Å². The second-order valence-corrected chi connectivity index (χ2v) is 8.30. The van der Waals surface area contributed by atoms with Crippen molar-refractivity contribution in [1.29, 1.82) is 0 Å². The van der Waals surface area contributed by atoms with E-state index in [0.29, 0.717) is 57.4 Å². The fraction of sp³-hybridized carbons (Fsp3) is 0.273. The first-order valence-corrected chi connectivity index (χ1v) is 10.3. The summed E-state index contributed by atoms with van der Waals surface area (Å²) >= 11 is 12.8. The van der Waals surface area contributed by atoms with E-state index >= 15 is 0 Å². The zero-order chi connectivity index (χ0) is 21.6. The molecule has 1 atom stereocenters. The molecule has 1 aliphatic carbocycles. The minimum atomic E-state index is -0.531. The Morgan fingerprint density at radius 1 is 1.10 bits per heavy atom. The van der Waals surface area contributed by atoms with E-state index < -0.39 is 10.8 Å². The van der Waals surface area contributed by atoms with Gasteiger partial charge in [-0.2, -0.15) is 0 Å². The third-order valence-electron chi connectivity index (χ3n) is 5.67. The second kappa shape index (κ2) is 7.85. The third kappa shape index (κ3) is 3.40. The normalized spacial score (nSPS) is 19.2. The number of carbonyl (C=O) groups is 2. The van der Waals surface area contributed by atoms with Crippen molar-refractivity contribution in [2.45, 2.75) is 38.5 Å². The maximum atomic E-state index is 13.3. The molecule has 2 aromatic carbocycles. The smallest absolute Gasteiger partial charge is 0.271 e. The summed E-state index contributed by atoms with van der Waals surface area (Å²) in [5, 5.41) is 12.1. The third-order valence-corrected chi connectivity index (χ3v) is 6.33. The quantitative estimate of drug-likeness (QED) is 0.446.